The largest absolute Gasteiger partial charge is 0.481 e. The second-order valence-electron chi connectivity index (χ2n) is 4.78. The molecule has 0 spiro atoms. The first-order valence-corrected chi connectivity index (χ1v) is 6.60. The number of carboxylic acid groups (broad SMARTS) is 1. The van der Waals surface area contributed by atoms with Crippen LogP contribution in [-0.2, 0) is 11.2 Å². The lowest BCUT2D eigenvalue weighted by Gasteiger charge is -2.09. The van der Waals surface area contributed by atoms with Gasteiger partial charge < -0.3 is 10.4 Å². The van der Waals surface area contributed by atoms with E-state index in [4.69, 9.17) is 5.11 Å². The summed E-state index contributed by atoms with van der Waals surface area (Å²) in [5.41, 5.74) is 2.08. The Hall–Kier alpha value is -3.02. The van der Waals surface area contributed by atoms with E-state index < -0.39 is 5.97 Å². The summed E-state index contributed by atoms with van der Waals surface area (Å²) in [6.45, 7) is 0. The van der Waals surface area contributed by atoms with Gasteiger partial charge in [0.1, 0.15) is 18.0 Å². The molecule has 0 saturated heterocycles. The highest BCUT2D eigenvalue weighted by Crippen LogP contribution is 2.23. The van der Waals surface area contributed by atoms with Gasteiger partial charge in [-0.15, -0.1) is 0 Å². The highest BCUT2D eigenvalue weighted by Gasteiger charge is 2.06. The number of aliphatic carboxylic acids is 1. The molecule has 5 nitrogen and oxygen atoms in total. The van der Waals surface area contributed by atoms with Crippen LogP contribution in [0.15, 0.2) is 48.8 Å². The summed E-state index contributed by atoms with van der Waals surface area (Å²) in [4.78, 5) is 18.9. The summed E-state index contributed by atoms with van der Waals surface area (Å²) in [6, 6.07) is 11.3. The van der Waals surface area contributed by atoms with Crippen molar-refractivity contribution in [2.24, 2.45) is 0 Å². The van der Waals surface area contributed by atoms with E-state index in [9.17, 15) is 9.18 Å². The molecular weight excluding hydrogens is 285 g/mol. The molecular formula is C16H12FN3O2. The number of hydrogen-bond acceptors (Lipinski definition) is 4. The monoisotopic (exact) mass is 297 g/mol. The van der Waals surface area contributed by atoms with E-state index in [2.05, 4.69) is 15.3 Å². The summed E-state index contributed by atoms with van der Waals surface area (Å²) in [7, 11) is 0. The molecule has 0 fully saturated rings. The molecule has 22 heavy (non-hydrogen) atoms. The highest BCUT2D eigenvalue weighted by molar-refractivity contribution is 5.90. The van der Waals surface area contributed by atoms with Crippen molar-refractivity contribution in [2.75, 3.05) is 5.32 Å². The molecule has 0 aliphatic carbocycles. The van der Waals surface area contributed by atoms with Crippen molar-refractivity contribution < 1.29 is 14.3 Å². The Morgan fingerprint density at radius 3 is 2.64 bits per heavy atom. The van der Waals surface area contributed by atoms with Crippen LogP contribution in [0.25, 0.3) is 10.9 Å². The van der Waals surface area contributed by atoms with Crippen LogP contribution >= 0.6 is 0 Å². The van der Waals surface area contributed by atoms with Crippen molar-refractivity contribution in [1.29, 1.82) is 0 Å². The molecule has 2 N–H and O–H groups in total. The lowest BCUT2D eigenvalue weighted by molar-refractivity contribution is -0.136. The van der Waals surface area contributed by atoms with Crippen LogP contribution in [0.4, 0.5) is 15.9 Å². The summed E-state index contributed by atoms with van der Waals surface area (Å²) >= 11 is 0. The average molecular weight is 297 g/mol. The molecule has 1 aromatic heterocycles. The molecule has 0 aliphatic heterocycles. The lowest BCUT2D eigenvalue weighted by Crippen LogP contribution is -2.00. The number of carboxylic acids is 1. The second-order valence-corrected chi connectivity index (χ2v) is 4.78. The van der Waals surface area contributed by atoms with Gasteiger partial charge in [0.05, 0.1) is 11.9 Å². The number of aromatic nitrogens is 2. The number of fused-ring (bicyclic) bond motifs is 1. The van der Waals surface area contributed by atoms with Crippen LogP contribution in [0, 0.1) is 5.82 Å². The fourth-order valence-electron chi connectivity index (χ4n) is 2.15. The maximum Gasteiger partial charge on any atom is 0.307 e. The van der Waals surface area contributed by atoms with Crippen molar-refractivity contribution in [3.05, 3.63) is 60.2 Å². The van der Waals surface area contributed by atoms with Crippen molar-refractivity contribution in [3.63, 3.8) is 0 Å². The summed E-state index contributed by atoms with van der Waals surface area (Å²) in [5.74, 6) is -0.740. The average Bonchev–Trinajstić information content (AvgIpc) is 2.49. The van der Waals surface area contributed by atoms with Gasteiger partial charge in [-0.3, -0.25) is 4.79 Å². The van der Waals surface area contributed by atoms with Gasteiger partial charge >= 0.3 is 5.97 Å². The number of rotatable bonds is 4. The molecule has 6 heteroatoms. The molecule has 0 bridgehead atoms. The van der Waals surface area contributed by atoms with Gasteiger partial charge in [0.25, 0.3) is 0 Å². The Labute approximate surface area is 125 Å². The van der Waals surface area contributed by atoms with Crippen LogP contribution < -0.4 is 5.32 Å². The predicted molar refractivity (Wildman–Crippen MR) is 80.6 cm³/mol. The normalized spacial score (nSPS) is 10.6. The minimum atomic E-state index is -0.877. The van der Waals surface area contributed by atoms with Gasteiger partial charge in [0.2, 0.25) is 0 Å². The number of nitrogens with one attached hydrogen (secondary N) is 1. The lowest BCUT2D eigenvalue weighted by atomic mass is 10.1. The van der Waals surface area contributed by atoms with Crippen molar-refractivity contribution in [1.82, 2.24) is 9.97 Å². The van der Waals surface area contributed by atoms with Crippen molar-refractivity contribution in [2.45, 2.75) is 6.42 Å². The predicted octanol–water partition coefficient (Wildman–Crippen LogP) is 3.14. The van der Waals surface area contributed by atoms with E-state index in [-0.39, 0.29) is 12.2 Å². The fraction of sp³-hybridized carbons (Fsp3) is 0.0625. The van der Waals surface area contributed by atoms with E-state index in [1.807, 2.05) is 0 Å². The van der Waals surface area contributed by atoms with E-state index in [0.29, 0.717) is 22.3 Å². The van der Waals surface area contributed by atoms with Crippen LogP contribution in [0.1, 0.15) is 5.56 Å². The molecule has 0 aliphatic rings. The zero-order valence-electron chi connectivity index (χ0n) is 11.5. The Balaban J connectivity index is 1.89. The standard InChI is InChI=1S/C16H12FN3O2/c17-11-3-6-14-13(8-11)16(19-9-18-14)20-12-4-1-10(2-5-12)7-15(21)22/h1-6,8-9H,7H2,(H,21,22)(H,18,19,20). The van der Waals surface area contributed by atoms with Crippen LogP contribution in [-0.4, -0.2) is 21.0 Å². The quantitative estimate of drug-likeness (QED) is 0.773. The Kier molecular flexibility index (Phi) is 3.65. The number of carbonyl (C=O) groups is 1. The van der Waals surface area contributed by atoms with Crippen LogP contribution in [0.3, 0.4) is 0 Å². The van der Waals surface area contributed by atoms with Crippen LogP contribution in [0.5, 0.6) is 0 Å². The number of hydrogen-bond donors (Lipinski definition) is 2. The molecule has 0 atom stereocenters. The van der Waals surface area contributed by atoms with E-state index in [0.717, 1.165) is 5.69 Å². The first-order chi connectivity index (χ1) is 10.6. The third kappa shape index (κ3) is 3.01. The van der Waals surface area contributed by atoms with Crippen molar-refractivity contribution in [3.8, 4) is 0 Å². The molecule has 0 amide bonds. The number of anilines is 2. The van der Waals surface area contributed by atoms with Gasteiger partial charge in [-0.05, 0) is 35.9 Å². The number of nitrogens with zero attached hydrogens (tertiary/aromatic N) is 2. The fourth-order valence-corrected chi connectivity index (χ4v) is 2.15. The molecule has 3 aromatic rings. The molecule has 110 valence electrons. The number of benzene rings is 2. The molecule has 1 heterocycles. The third-order valence-corrected chi connectivity index (χ3v) is 3.17. The van der Waals surface area contributed by atoms with Gasteiger partial charge in [-0.25, -0.2) is 14.4 Å². The molecule has 3 rings (SSSR count). The van der Waals surface area contributed by atoms with E-state index in [1.165, 1.54) is 18.5 Å². The minimum Gasteiger partial charge on any atom is -0.481 e. The zero-order chi connectivity index (χ0) is 15.5. The van der Waals surface area contributed by atoms with Gasteiger partial charge in [0, 0.05) is 11.1 Å². The SMILES string of the molecule is O=C(O)Cc1ccc(Nc2ncnc3ccc(F)cc23)cc1. The number of halogens is 1. The molecule has 2 aromatic carbocycles. The maximum absolute atomic E-state index is 13.4. The highest BCUT2D eigenvalue weighted by atomic mass is 19.1. The Bertz CT molecular complexity index is 834. The van der Waals surface area contributed by atoms with Gasteiger partial charge in [0.15, 0.2) is 0 Å². The topological polar surface area (TPSA) is 75.1 Å². The smallest absolute Gasteiger partial charge is 0.307 e. The van der Waals surface area contributed by atoms with E-state index >= 15 is 0 Å². The van der Waals surface area contributed by atoms with Gasteiger partial charge in [-0.2, -0.15) is 0 Å². The first-order valence-electron chi connectivity index (χ1n) is 6.60. The maximum atomic E-state index is 13.4. The summed E-state index contributed by atoms with van der Waals surface area (Å²) in [6.07, 6.45) is 1.38. The molecule has 0 unspecified atom stereocenters. The van der Waals surface area contributed by atoms with Gasteiger partial charge in [-0.1, -0.05) is 12.1 Å². The Morgan fingerprint density at radius 2 is 1.91 bits per heavy atom. The zero-order valence-corrected chi connectivity index (χ0v) is 11.5. The van der Waals surface area contributed by atoms with Crippen LogP contribution in [0.2, 0.25) is 0 Å². The van der Waals surface area contributed by atoms with Crippen molar-refractivity contribution >= 4 is 28.4 Å². The molecule has 0 saturated carbocycles. The summed E-state index contributed by atoms with van der Waals surface area (Å²) < 4.78 is 13.4. The van der Waals surface area contributed by atoms with E-state index in [1.54, 1.807) is 30.3 Å². The second kappa shape index (κ2) is 5.77. The minimum absolute atomic E-state index is 0.0259. The third-order valence-electron chi connectivity index (χ3n) is 3.17. The molecule has 0 radical (unpaired) electrons. The first kappa shape index (κ1) is 13.9. The Morgan fingerprint density at radius 1 is 1.14 bits per heavy atom. The summed E-state index contributed by atoms with van der Waals surface area (Å²) in [5, 5.41) is 12.4.